The molecule has 1 fully saturated rings. The van der Waals surface area contributed by atoms with Crippen LogP contribution >= 0.6 is 0 Å². The van der Waals surface area contributed by atoms with Crippen LogP contribution < -0.4 is 0 Å². The molecule has 6 heteroatoms. The topological polar surface area (TPSA) is 61.2 Å². The van der Waals surface area contributed by atoms with Crippen LogP contribution in [0.4, 0.5) is 0 Å². The van der Waals surface area contributed by atoms with Gasteiger partial charge in [-0.3, -0.25) is 14.9 Å². The first-order chi connectivity index (χ1) is 11.7. The highest BCUT2D eigenvalue weighted by atomic mass is 16.5. The summed E-state index contributed by atoms with van der Waals surface area (Å²) in [6.07, 6.45) is 1.87. The number of H-pyrrole nitrogens is 1. The number of aromatic nitrogens is 3. The third-order valence-corrected chi connectivity index (χ3v) is 4.94. The highest BCUT2D eigenvalue weighted by Crippen LogP contribution is 2.18. The Bertz CT molecular complexity index is 809. The number of rotatable bonds is 4. The first-order valence-corrected chi connectivity index (χ1v) is 8.47. The Morgan fingerprint density at radius 1 is 1.08 bits per heavy atom. The van der Waals surface area contributed by atoms with Crippen LogP contribution in [0.1, 0.15) is 22.6 Å². The Kier molecular flexibility index (Phi) is 4.08. The summed E-state index contributed by atoms with van der Waals surface area (Å²) in [6, 6.07) is 6.55. The molecule has 3 aromatic rings. The molecule has 0 spiro atoms. The van der Waals surface area contributed by atoms with Gasteiger partial charge in [0.05, 0.1) is 17.4 Å². The smallest absolute Gasteiger partial charge is 0.138 e. The molecule has 1 saturated heterocycles. The van der Waals surface area contributed by atoms with Gasteiger partial charge in [-0.15, -0.1) is 0 Å². The van der Waals surface area contributed by atoms with Gasteiger partial charge >= 0.3 is 0 Å². The monoisotopic (exact) mass is 325 g/mol. The fourth-order valence-electron chi connectivity index (χ4n) is 3.40. The Labute approximate surface area is 141 Å². The quantitative estimate of drug-likeness (QED) is 0.798. The molecule has 0 saturated carbocycles. The number of hydrogen-bond donors (Lipinski definition) is 1. The lowest BCUT2D eigenvalue weighted by atomic mass is 10.1. The summed E-state index contributed by atoms with van der Waals surface area (Å²) in [5.41, 5.74) is 4.71. The molecule has 1 N–H and O–H groups in total. The molecule has 4 rings (SSSR count). The van der Waals surface area contributed by atoms with Crippen molar-refractivity contribution in [2.75, 3.05) is 26.2 Å². The van der Waals surface area contributed by atoms with Crippen molar-refractivity contribution < 1.29 is 4.52 Å². The Hall–Kier alpha value is -2.18. The van der Waals surface area contributed by atoms with Gasteiger partial charge in [-0.1, -0.05) is 17.3 Å². The van der Waals surface area contributed by atoms with E-state index in [-0.39, 0.29) is 0 Å². The fourth-order valence-corrected chi connectivity index (χ4v) is 3.40. The standard InChI is InChI=1S/C18H23N5O/c1-13-17(14(2)24-21-13)12-23-7-5-22(6-8-23)11-15-3-4-16-10-19-20-18(16)9-15/h3-4,9-10H,5-8,11-12H2,1-2H3,(H,19,20). The minimum atomic E-state index is 0.940. The fraction of sp³-hybridized carbons (Fsp3) is 0.444. The van der Waals surface area contributed by atoms with Crippen LogP contribution in [-0.4, -0.2) is 51.3 Å². The third-order valence-electron chi connectivity index (χ3n) is 4.94. The van der Waals surface area contributed by atoms with Gasteiger partial charge in [-0.2, -0.15) is 5.10 Å². The van der Waals surface area contributed by atoms with Crippen molar-refractivity contribution in [1.29, 1.82) is 0 Å². The Balaban J connectivity index is 1.34. The van der Waals surface area contributed by atoms with E-state index in [1.54, 1.807) is 0 Å². The zero-order chi connectivity index (χ0) is 16.5. The second-order valence-electron chi connectivity index (χ2n) is 6.65. The Morgan fingerprint density at radius 3 is 2.54 bits per heavy atom. The maximum atomic E-state index is 5.27. The van der Waals surface area contributed by atoms with Gasteiger partial charge in [0.2, 0.25) is 0 Å². The molecule has 0 atom stereocenters. The number of benzene rings is 1. The third kappa shape index (κ3) is 3.07. The number of nitrogens with zero attached hydrogens (tertiary/aromatic N) is 4. The van der Waals surface area contributed by atoms with Gasteiger partial charge < -0.3 is 4.52 Å². The molecule has 24 heavy (non-hydrogen) atoms. The highest BCUT2D eigenvalue weighted by molar-refractivity contribution is 5.78. The van der Waals surface area contributed by atoms with Crippen molar-refractivity contribution in [2.45, 2.75) is 26.9 Å². The SMILES string of the molecule is Cc1noc(C)c1CN1CCN(Cc2ccc3cn[nH]c3c2)CC1. The molecule has 0 radical (unpaired) electrons. The average Bonchev–Trinajstić information content (AvgIpc) is 3.17. The number of fused-ring (bicyclic) bond motifs is 1. The van der Waals surface area contributed by atoms with Crippen LogP contribution in [0.25, 0.3) is 10.9 Å². The van der Waals surface area contributed by atoms with Gasteiger partial charge in [0.25, 0.3) is 0 Å². The molecular weight excluding hydrogens is 302 g/mol. The number of nitrogens with one attached hydrogen (secondary N) is 1. The minimum Gasteiger partial charge on any atom is -0.361 e. The molecule has 1 aliphatic rings. The maximum absolute atomic E-state index is 5.27. The van der Waals surface area contributed by atoms with Crippen LogP contribution in [0.15, 0.2) is 28.9 Å². The molecule has 0 aliphatic carbocycles. The summed E-state index contributed by atoms with van der Waals surface area (Å²) >= 11 is 0. The van der Waals surface area contributed by atoms with Crippen LogP contribution in [0.3, 0.4) is 0 Å². The Morgan fingerprint density at radius 2 is 1.83 bits per heavy atom. The van der Waals surface area contributed by atoms with Crippen molar-refractivity contribution in [2.24, 2.45) is 0 Å². The summed E-state index contributed by atoms with van der Waals surface area (Å²) in [5, 5.41) is 12.4. The second kappa shape index (κ2) is 6.37. The molecule has 0 unspecified atom stereocenters. The minimum absolute atomic E-state index is 0.940. The van der Waals surface area contributed by atoms with E-state index >= 15 is 0 Å². The van der Waals surface area contributed by atoms with E-state index in [1.165, 1.54) is 16.5 Å². The predicted octanol–water partition coefficient (Wildman–Crippen LogP) is 2.49. The lowest BCUT2D eigenvalue weighted by Crippen LogP contribution is -2.45. The highest BCUT2D eigenvalue weighted by Gasteiger charge is 2.20. The number of aromatic amines is 1. The summed E-state index contributed by atoms with van der Waals surface area (Å²) in [4.78, 5) is 5.00. The molecule has 0 bridgehead atoms. The van der Waals surface area contributed by atoms with E-state index < -0.39 is 0 Å². The zero-order valence-electron chi connectivity index (χ0n) is 14.2. The summed E-state index contributed by atoms with van der Waals surface area (Å²) in [6.45, 7) is 10.3. The van der Waals surface area contributed by atoms with Gasteiger partial charge in [0.1, 0.15) is 5.76 Å². The van der Waals surface area contributed by atoms with E-state index in [0.717, 1.165) is 56.2 Å². The van der Waals surface area contributed by atoms with Crippen LogP contribution in [0, 0.1) is 13.8 Å². The van der Waals surface area contributed by atoms with E-state index in [0.29, 0.717) is 0 Å². The van der Waals surface area contributed by atoms with E-state index in [4.69, 9.17) is 4.52 Å². The lowest BCUT2D eigenvalue weighted by molar-refractivity contribution is 0.121. The van der Waals surface area contributed by atoms with Crippen LogP contribution in [0.2, 0.25) is 0 Å². The van der Waals surface area contributed by atoms with Crippen LogP contribution in [0.5, 0.6) is 0 Å². The zero-order valence-corrected chi connectivity index (χ0v) is 14.2. The van der Waals surface area contributed by atoms with Gasteiger partial charge in [0, 0.05) is 50.2 Å². The first-order valence-electron chi connectivity index (χ1n) is 8.47. The van der Waals surface area contributed by atoms with Crippen LogP contribution in [-0.2, 0) is 13.1 Å². The molecule has 0 amide bonds. The van der Waals surface area contributed by atoms with Crippen molar-refractivity contribution in [1.82, 2.24) is 25.2 Å². The summed E-state index contributed by atoms with van der Waals surface area (Å²) in [7, 11) is 0. The van der Waals surface area contributed by atoms with Gasteiger partial charge in [-0.25, -0.2) is 0 Å². The second-order valence-corrected chi connectivity index (χ2v) is 6.65. The lowest BCUT2D eigenvalue weighted by Gasteiger charge is -2.34. The molecule has 1 aliphatic heterocycles. The van der Waals surface area contributed by atoms with Crippen molar-refractivity contribution >= 4 is 10.9 Å². The predicted molar refractivity (Wildman–Crippen MR) is 92.6 cm³/mol. The first kappa shape index (κ1) is 15.4. The van der Waals surface area contributed by atoms with E-state index in [9.17, 15) is 0 Å². The summed E-state index contributed by atoms with van der Waals surface area (Å²) in [5.74, 6) is 0.947. The van der Waals surface area contributed by atoms with Crippen molar-refractivity contribution in [3.05, 3.63) is 47.0 Å². The molecule has 1 aromatic carbocycles. The van der Waals surface area contributed by atoms with Gasteiger partial charge in [-0.05, 0) is 25.5 Å². The summed E-state index contributed by atoms with van der Waals surface area (Å²) < 4.78 is 5.27. The molecular formula is C18H23N5O. The largest absolute Gasteiger partial charge is 0.361 e. The van der Waals surface area contributed by atoms with Crippen molar-refractivity contribution in [3.63, 3.8) is 0 Å². The molecule has 2 aromatic heterocycles. The number of piperazine rings is 1. The normalized spacial score (nSPS) is 16.9. The average molecular weight is 325 g/mol. The van der Waals surface area contributed by atoms with Crippen molar-refractivity contribution in [3.8, 4) is 0 Å². The molecule has 126 valence electrons. The molecule has 3 heterocycles. The number of hydrogen-bond acceptors (Lipinski definition) is 5. The maximum Gasteiger partial charge on any atom is 0.138 e. The van der Waals surface area contributed by atoms with E-state index in [1.807, 2.05) is 20.0 Å². The number of aryl methyl sites for hydroxylation is 2. The molecule has 6 nitrogen and oxygen atoms in total. The van der Waals surface area contributed by atoms with E-state index in [2.05, 4.69) is 43.4 Å². The van der Waals surface area contributed by atoms with Gasteiger partial charge in [0.15, 0.2) is 0 Å².